The number of hydrogen-bond donors (Lipinski definition) is 1. The van der Waals surface area contributed by atoms with Crippen molar-refractivity contribution in [2.75, 3.05) is 38.6 Å². The van der Waals surface area contributed by atoms with Gasteiger partial charge in [0.2, 0.25) is 0 Å². The number of rotatable bonds is 4. The monoisotopic (exact) mass is 279 g/mol. The highest BCUT2D eigenvalue weighted by Crippen LogP contribution is 2.29. The summed E-state index contributed by atoms with van der Waals surface area (Å²) in [5.74, 6) is 0.506. The molecule has 1 saturated heterocycles. The normalized spacial score (nSPS) is 21.2. The van der Waals surface area contributed by atoms with Gasteiger partial charge in [0, 0.05) is 31.9 Å². The summed E-state index contributed by atoms with van der Waals surface area (Å²) in [6, 6.07) is 3.35. The van der Waals surface area contributed by atoms with Crippen molar-refractivity contribution >= 4 is 5.69 Å². The predicted octanol–water partition coefficient (Wildman–Crippen LogP) is 2.54. The quantitative estimate of drug-likeness (QED) is 0.919. The molecule has 2 N–H and O–H groups in total. The lowest BCUT2D eigenvalue weighted by molar-refractivity contribution is 0.396. The molecule has 0 bridgehead atoms. The lowest BCUT2D eigenvalue weighted by atomic mass is 10.0. The summed E-state index contributed by atoms with van der Waals surface area (Å²) < 4.78 is 13.8. The summed E-state index contributed by atoms with van der Waals surface area (Å²) >= 11 is 0. The van der Waals surface area contributed by atoms with Crippen LogP contribution in [0.1, 0.15) is 30.5 Å². The average Bonchev–Trinajstić information content (AvgIpc) is 2.77. The minimum atomic E-state index is -0.171. The molecule has 0 saturated carbocycles. The van der Waals surface area contributed by atoms with Gasteiger partial charge in [0.15, 0.2) is 0 Å². The van der Waals surface area contributed by atoms with Gasteiger partial charge in [-0.3, -0.25) is 0 Å². The molecular formula is C16H26FN3. The maximum absolute atomic E-state index is 13.8. The molecule has 4 heteroatoms. The fourth-order valence-corrected chi connectivity index (χ4v) is 3.04. The number of hydrogen-bond acceptors (Lipinski definition) is 3. The second-order valence-electron chi connectivity index (χ2n) is 6.25. The molecule has 1 aromatic carbocycles. The largest absolute Gasteiger partial charge is 0.374 e. The van der Waals surface area contributed by atoms with Crippen molar-refractivity contribution in [1.29, 1.82) is 0 Å². The Kier molecular flexibility index (Phi) is 4.66. The molecular weight excluding hydrogens is 253 g/mol. The van der Waals surface area contributed by atoms with Crippen LogP contribution in [0.4, 0.5) is 10.1 Å². The minimum Gasteiger partial charge on any atom is -0.374 e. The van der Waals surface area contributed by atoms with Gasteiger partial charge in [-0.1, -0.05) is 0 Å². The molecule has 0 radical (unpaired) electrons. The second-order valence-corrected chi connectivity index (χ2v) is 6.25. The SMILES string of the molecule is Cc1cc(N(C)CC2CCN(C)C2)c(C(C)N)cc1F. The second kappa shape index (κ2) is 6.10. The molecule has 20 heavy (non-hydrogen) atoms. The first kappa shape index (κ1) is 15.3. The van der Waals surface area contributed by atoms with Gasteiger partial charge in [0.1, 0.15) is 5.82 Å². The Bertz CT molecular complexity index is 473. The van der Waals surface area contributed by atoms with Crippen LogP contribution < -0.4 is 10.6 Å². The Morgan fingerprint density at radius 1 is 1.50 bits per heavy atom. The molecule has 0 aromatic heterocycles. The van der Waals surface area contributed by atoms with Crippen LogP contribution in [0.15, 0.2) is 12.1 Å². The summed E-state index contributed by atoms with van der Waals surface area (Å²) in [6.07, 6.45) is 1.23. The van der Waals surface area contributed by atoms with Gasteiger partial charge in [-0.15, -0.1) is 0 Å². The van der Waals surface area contributed by atoms with Gasteiger partial charge in [0.05, 0.1) is 0 Å². The molecule has 2 rings (SSSR count). The zero-order valence-electron chi connectivity index (χ0n) is 13.0. The lowest BCUT2D eigenvalue weighted by Crippen LogP contribution is -2.28. The number of anilines is 1. The van der Waals surface area contributed by atoms with Crippen LogP contribution in [0.2, 0.25) is 0 Å². The van der Waals surface area contributed by atoms with E-state index >= 15 is 0 Å². The van der Waals surface area contributed by atoms with E-state index in [1.807, 2.05) is 13.0 Å². The van der Waals surface area contributed by atoms with Crippen molar-refractivity contribution in [1.82, 2.24) is 4.90 Å². The summed E-state index contributed by atoms with van der Waals surface area (Å²) in [6.45, 7) is 7.01. The average molecular weight is 279 g/mol. The first-order valence-corrected chi connectivity index (χ1v) is 7.33. The Balaban J connectivity index is 2.19. The number of aryl methyl sites for hydroxylation is 1. The van der Waals surface area contributed by atoms with Crippen molar-refractivity contribution in [3.63, 3.8) is 0 Å². The third kappa shape index (κ3) is 3.30. The third-order valence-electron chi connectivity index (χ3n) is 4.23. The van der Waals surface area contributed by atoms with Gasteiger partial charge in [-0.25, -0.2) is 4.39 Å². The molecule has 1 aromatic rings. The fourth-order valence-electron chi connectivity index (χ4n) is 3.04. The van der Waals surface area contributed by atoms with Crippen LogP contribution in [0.5, 0.6) is 0 Å². The Morgan fingerprint density at radius 2 is 2.20 bits per heavy atom. The molecule has 2 atom stereocenters. The molecule has 0 amide bonds. The minimum absolute atomic E-state index is 0.159. The number of likely N-dealkylation sites (tertiary alicyclic amines) is 1. The molecule has 1 heterocycles. The maximum Gasteiger partial charge on any atom is 0.126 e. The van der Waals surface area contributed by atoms with E-state index in [-0.39, 0.29) is 11.9 Å². The Hall–Kier alpha value is -1.13. The van der Waals surface area contributed by atoms with Crippen LogP contribution in [0.3, 0.4) is 0 Å². The van der Waals surface area contributed by atoms with E-state index in [0.717, 1.165) is 24.3 Å². The summed E-state index contributed by atoms with van der Waals surface area (Å²) in [5.41, 5.74) is 8.63. The van der Waals surface area contributed by atoms with Crippen molar-refractivity contribution < 1.29 is 4.39 Å². The lowest BCUT2D eigenvalue weighted by Gasteiger charge is -2.27. The topological polar surface area (TPSA) is 32.5 Å². The van der Waals surface area contributed by atoms with Gasteiger partial charge in [-0.05, 0) is 63.0 Å². The number of nitrogens with two attached hydrogens (primary N) is 1. The van der Waals surface area contributed by atoms with E-state index in [4.69, 9.17) is 5.73 Å². The molecule has 3 nitrogen and oxygen atoms in total. The standard InChI is InChI=1S/C16H26FN3/c1-11-7-16(14(12(2)18)8-15(11)17)20(4)10-13-5-6-19(3)9-13/h7-8,12-13H,5-6,9-10,18H2,1-4H3. The zero-order chi connectivity index (χ0) is 14.9. The van der Waals surface area contributed by atoms with Crippen molar-refractivity contribution in [2.24, 2.45) is 11.7 Å². The smallest absolute Gasteiger partial charge is 0.126 e. The maximum atomic E-state index is 13.8. The molecule has 0 spiro atoms. The van der Waals surface area contributed by atoms with Crippen LogP contribution in [-0.4, -0.2) is 38.6 Å². The molecule has 0 aliphatic carbocycles. The van der Waals surface area contributed by atoms with E-state index in [1.165, 1.54) is 13.0 Å². The van der Waals surface area contributed by atoms with Crippen molar-refractivity contribution in [2.45, 2.75) is 26.3 Å². The molecule has 112 valence electrons. The Labute approximate surface area is 121 Å². The molecule has 1 aliphatic rings. The van der Waals surface area contributed by atoms with Crippen molar-refractivity contribution in [3.05, 3.63) is 29.1 Å². The molecule has 2 unspecified atom stereocenters. The van der Waals surface area contributed by atoms with Crippen molar-refractivity contribution in [3.8, 4) is 0 Å². The van der Waals surface area contributed by atoms with Crippen LogP contribution >= 0.6 is 0 Å². The highest BCUT2D eigenvalue weighted by atomic mass is 19.1. The van der Waals surface area contributed by atoms with Gasteiger partial charge in [-0.2, -0.15) is 0 Å². The van der Waals surface area contributed by atoms with E-state index in [1.54, 1.807) is 13.0 Å². The highest BCUT2D eigenvalue weighted by Gasteiger charge is 2.22. The van der Waals surface area contributed by atoms with E-state index < -0.39 is 0 Å². The summed E-state index contributed by atoms with van der Waals surface area (Å²) in [5, 5.41) is 0. The van der Waals surface area contributed by atoms with Gasteiger partial charge >= 0.3 is 0 Å². The predicted molar refractivity (Wildman–Crippen MR) is 82.6 cm³/mol. The van der Waals surface area contributed by atoms with Crippen LogP contribution in [0, 0.1) is 18.7 Å². The summed E-state index contributed by atoms with van der Waals surface area (Å²) in [7, 11) is 4.24. The number of nitrogens with zero attached hydrogens (tertiary/aromatic N) is 2. The zero-order valence-corrected chi connectivity index (χ0v) is 13.0. The third-order valence-corrected chi connectivity index (χ3v) is 4.23. The van der Waals surface area contributed by atoms with Gasteiger partial charge in [0.25, 0.3) is 0 Å². The Morgan fingerprint density at radius 3 is 2.75 bits per heavy atom. The first-order chi connectivity index (χ1) is 9.38. The highest BCUT2D eigenvalue weighted by molar-refractivity contribution is 5.56. The van der Waals surface area contributed by atoms with Gasteiger partial charge < -0.3 is 15.5 Å². The van der Waals surface area contributed by atoms with E-state index in [2.05, 4.69) is 23.9 Å². The first-order valence-electron chi connectivity index (χ1n) is 7.33. The molecule has 1 fully saturated rings. The number of halogens is 1. The molecule has 1 aliphatic heterocycles. The fraction of sp³-hybridized carbons (Fsp3) is 0.625. The van der Waals surface area contributed by atoms with E-state index in [0.29, 0.717) is 11.5 Å². The van der Waals surface area contributed by atoms with E-state index in [9.17, 15) is 4.39 Å². The number of benzene rings is 1. The van der Waals surface area contributed by atoms with Crippen LogP contribution in [-0.2, 0) is 0 Å². The van der Waals surface area contributed by atoms with Crippen LogP contribution in [0.25, 0.3) is 0 Å². The summed E-state index contributed by atoms with van der Waals surface area (Å²) in [4.78, 5) is 4.59.